The van der Waals surface area contributed by atoms with Gasteiger partial charge >= 0.3 is 18.1 Å². The van der Waals surface area contributed by atoms with Crippen LogP contribution in [-0.4, -0.2) is 74.7 Å². The zero-order chi connectivity index (χ0) is 30.0. The minimum Gasteiger partial charge on any atom is -0.455 e. The van der Waals surface area contributed by atoms with E-state index in [-0.39, 0.29) is 28.9 Å². The van der Waals surface area contributed by atoms with Crippen molar-refractivity contribution in [3.8, 4) is 6.07 Å². The number of aliphatic hydroxyl groups excluding tert-OH is 1. The molecule has 0 unspecified atom stereocenters. The highest BCUT2D eigenvalue weighted by atomic mass is 16.7. The number of hydrogen-bond donors (Lipinski definition) is 3. The van der Waals surface area contributed by atoms with Crippen LogP contribution in [0, 0.1) is 22.7 Å². The number of nitriles is 1. The maximum absolute atomic E-state index is 12.9. The van der Waals surface area contributed by atoms with E-state index in [1.807, 2.05) is 6.07 Å². The maximum atomic E-state index is 12.9. The van der Waals surface area contributed by atoms with Crippen LogP contribution in [0.15, 0.2) is 18.5 Å². The molecule has 1 aliphatic rings. The van der Waals surface area contributed by atoms with Gasteiger partial charge in [0.05, 0.1) is 5.69 Å². The number of aliphatic hydroxyl groups is 1. The Morgan fingerprint density at radius 2 is 1.98 bits per heavy atom. The average molecular weight is 561 g/mol. The van der Waals surface area contributed by atoms with E-state index in [0.29, 0.717) is 0 Å². The zero-order valence-corrected chi connectivity index (χ0v) is 22.9. The molecule has 0 aromatic carbocycles. The first-order valence-electron chi connectivity index (χ1n) is 12.3. The van der Waals surface area contributed by atoms with E-state index in [1.165, 1.54) is 16.6 Å². The molecule has 3 heterocycles. The Labute approximate surface area is 229 Å². The van der Waals surface area contributed by atoms with Crippen LogP contribution in [0.2, 0.25) is 0 Å². The molecule has 2 aromatic heterocycles. The second-order valence-corrected chi connectivity index (χ2v) is 10.6. The van der Waals surface area contributed by atoms with Gasteiger partial charge in [-0.25, -0.2) is 14.3 Å². The van der Waals surface area contributed by atoms with Crippen molar-refractivity contribution in [2.75, 3.05) is 11.9 Å². The third-order valence-corrected chi connectivity index (χ3v) is 6.23. The van der Waals surface area contributed by atoms with Crippen LogP contribution >= 0.6 is 0 Å². The standard InChI is InChI=1S/C25H32N6O9/c1-12(2)21(34)30-20-14-7-8-16(31(14)29-11-28-20)25(10-26)19(33)17(39-22(35)18(27)24(4,5)6)15(40-25)9-37-23(36)38-13(3)32/h7-8,11-12,15,17-19,33H,9,27H2,1-6H3,(H,28,29,30,34)/t15-,17-,18-,19-,25+/m1/s1. The number of hydrogen-bond acceptors (Lipinski definition) is 13. The number of anilines is 1. The molecule has 1 saturated heterocycles. The largest absolute Gasteiger partial charge is 0.516 e. The van der Waals surface area contributed by atoms with Crippen molar-refractivity contribution in [2.45, 2.75) is 71.5 Å². The number of rotatable bonds is 7. The molecule has 3 rings (SSSR count). The molecule has 0 saturated carbocycles. The van der Waals surface area contributed by atoms with Crippen molar-refractivity contribution in [2.24, 2.45) is 17.1 Å². The highest BCUT2D eigenvalue weighted by molar-refractivity contribution is 5.94. The van der Waals surface area contributed by atoms with E-state index in [9.17, 15) is 29.5 Å². The Bertz CT molecular complexity index is 1340. The Hall–Kier alpha value is -4.13. The highest BCUT2D eigenvalue weighted by Gasteiger charge is 2.60. The van der Waals surface area contributed by atoms with Crippen LogP contribution in [0.4, 0.5) is 10.6 Å². The minimum atomic E-state index is -2.20. The van der Waals surface area contributed by atoms with Crippen molar-refractivity contribution in [3.63, 3.8) is 0 Å². The molecule has 4 N–H and O–H groups in total. The number of nitrogens with two attached hydrogens (primary N) is 1. The molecule has 0 aliphatic carbocycles. The van der Waals surface area contributed by atoms with Gasteiger partial charge in [-0.3, -0.25) is 14.4 Å². The van der Waals surface area contributed by atoms with Crippen LogP contribution in [0.3, 0.4) is 0 Å². The lowest BCUT2D eigenvalue weighted by Gasteiger charge is -2.28. The summed E-state index contributed by atoms with van der Waals surface area (Å²) < 4.78 is 22.0. The molecule has 1 fully saturated rings. The second-order valence-electron chi connectivity index (χ2n) is 10.6. The van der Waals surface area contributed by atoms with E-state index >= 15 is 0 Å². The summed E-state index contributed by atoms with van der Waals surface area (Å²) in [5.74, 6) is -2.34. The number of nitrogens with one attached hydrogen (secondary N) is 1. The molecule has 15 heteroatoms. The number of esters is 2. The molecule has 0 spiro atoms. The number of carbonyl (C=O) groups is 4. The molecular weight excluding hydrogens is 528 g/mol. The molecule has 0 bridgehead atoms. The number of aromatic nitrogens is 3. The van der Waals surface area contributed by atoms with Crippen molar-refractivity contribution in [1.29, 1.82) is 5.26 Å². The Balaban J connectivity index is 2.03. The van der Waals surface area contributed by atoms with Crippen molar-refractivity contribution < 1.29 is 43.2 Å². The van der Waals surface area contributed by atoms with Crippen LogP contribution in [0.1, 0.15) is 47.2 Å². The van der Waals surface area contributed by atoms with Gasteiger partial charge in [-0.2, -0.15) is 10.4 Å². The Kier molecular flexibility index (Phi) is 8.78. The summed E-state index contributed by atoms with van der Waals surface area (Å²) in [6.07, 6.45) is -4.98. The Morgan fingerprint density at radius 3 is 2.55 bits per heavy atom. The number of amides is 1. The first kappa shape index (κ1) is 30.4. The SMILES string of the molecule is CC(=O)OC(=O)OC[C@H]1O[C@@](C#N)(c2ccc3c(NC(=O)C(C)C)ncnn23)[C@H](O)[C@@H]1OC(=O)[C@@H](N)C(C)(C)C. The van der Waals surface area contributed by atoms with E-state index in [0.717, 1.165) is 13.3 Å². The van der Waals surface area contributed by atoms with Crippen molar-refractivity contribution in [1.82, 2.24) is 14.6 Å². The summed E-state index contributed by atoms with van der Waals surface area (Å²) in [7, 11) is 0. The van der Waals surface area contributed by atoms with Crippen LogP contribution in [0.5, 0.6) is 0 Å². The molecule has 40 heavy (non-hydrogen) atoms. The Morgan fingerprint density at radius 1 is 1.30 bits per heavy atom. The first-order valence-corrected chi connectivity index (χ1v) is 12.3. The summed E-state index contributed by atoms with van der Waals surface area (Å²) >= 11 is 0. The molecule has 2 aromatic rings. The van der Waals surface area contributed by atoms with Gasteiger partial charge in [0.1, 0.15) is 42.8 Å². The van der Waals surface area contributed by atoms with Crippen molar-refractivity contribution >= 4 is 35.3 Å². The van der Waals surface area contributed by atoms with Gasteiger partial charge in [-0.05, 0) is 17.5 Å². The average Bonchev–Trinajstić information content (AvgIpc) is 3.42. The number of fused-ring (bicyclic) bond motifs is 1. The molecule has 1 aliphatic heterocycles. The van der Waals surface area contributed by atoms with Gasteiger partial charge < -0.3 is 35.1 Å². The fraction of sp³-hybridized carbons (Fsp3) is 0.560. The van der Waals surface area contributed by atoms with Crippen molar-refractivity contribution in [3.05, 3.63) is 24.2 Å². The lowest BCUT2D eigenvalue weighted by molar-refractivity contribution is -0.161. The van der Waals surface area contributed by atoms with Gasteiger partial charge in [0.15, 0.2) is 11.9 Å². The van der Waals surface area contributed by atoms with Gasteiger partial charge in [0, 0.05) is 12.8 Å². The molecule has 216 valence electrons. The third-order valence-electron chi connectivity index (χ3n) is 6.23. The van der Waals surface area contributed by atoms with Gasteiger partial charge in [0.25, 0.3) is 0 Å². The number of nitrogens with zero attached hydrogens (tertiary/aromatic N) is 4. The van der Waals surface area contributed by atoms with Gasteiger partial charge in [0.2, 0.25) is 11.5 Å². The predicted octanol–water partition coefficient (Wildman–Crippen LogP) is 0.787. The summed E-state index contributed by atoms with van der Waals surface area (Å²) in [6.45, 7) is 8.86. The summed E-state index contributed by atoms with van der Waals surface area (Å²) in [4.78, 5) is 52.2. The molecule has 15 nitrogen and oxygen atoms in total. The van der Waals surface area contributed by atoms with Gasteiger partial charge in [-0.15, -0.1) is 0 Å². The fourth-order valence-electron chi connectivity index (χ4n) is 3.87. The summed E-state index contributed by atoms with van der Waals surface area (Å²) in [5.41, 5.74) is 3.41. The smallest absolute Gasteiger partial charge is 0.455 e. The van der Waals surface area contributed by atoms with E-state index in [1.54, 1.807) is 34.6 Å². The molecular formula is C25H32N6O9. The number of ether oxygens (including phenoxy) is 4. The predicted molar refractivity (Wildman–Crippen MR) is 135 cm³/mol. The second kappa shape index (κ2) is 11.5. The molecule has 0 radical (unpaired) electrons. The maximum Gasteiger partial charge on any atom is 0.516 e. The summed E-state index contributed by atoms with van der Waals surface area (Å²) in [5, 5.41) is 28.5. The summed E-state index contributed by atoms with van der Waals surface area (Å²) in [6, 6.07) is 3.74. The minimum absolute atomic E-state index is 0.00919. The third kappa shape index (κ3) is 6.03. The monoisotopic (exact) mass is 560 g/mol. The first-order chi connectivity index (χ1) is 18.6. The topological polar surface area (TPSA) is 217 Å². The quantitative estimate of drug-likeness (QED) is 0.315. The lowest BCUT2D eigenvalue weighted by atomic mass is 9.87. The molecule has 5 atom stereocenters. The van der Waals surface area contributed by atoms with E-state index < -0.39 is 60.1 Å². The van der Waals surface area contributed by atoms with Crippen LogP contribution in [-0.2, 0) is 38.9 Å². The fourth-order valence-corrected chi connectivity index (χ4v) is 3.87. The number of carbonyl (C=O) groups excluding carboxylic acids is 4. The normalized spacial score (nSPS) is 23.4. The van der Waals surface area contributed by atoms with E-state index in [4.69, 9.17) is 19.9 Å². The van der Waals surface area contributed by atoms with Crippen LogP contribution < -0.4 is 11.1 Å². The van der Waals surface area contributed by atoms with E-state index in [2.05, 4.69) is 20.1 Å². The lowest BCUT2D eigenvalue weighted by Crippen LogP contribution is -2.49. The van der Waals surface area contributed by atoms with Crippen LogP contribution in [0.25, 0.3) is 5.52 Å². The molecule has 1 amide bonds. The van der Waals surface area contributed by atoms with Gasteiger partial charge in [-0.1, -0.05) is 34.6 Å². The zero-order valence-electron chi connectivity index (χ0n) is 22.9. The highest BCUT2D eigenvalue weighted by Crippen LogP contribution is 2.42.